The molecule has 0 aromatic heterocycles. The largest absolute Gasteiger partial charge is 0.479 e. The lowest BCUT2D eigenvalue weighted by molar-refractivity contribution is -0.145. The number of aliphatic hydroxyl groups is 1. The number of hydrogen-bond donors (Lipinski definition) is 2. The highest BCUT2D eigenvalue weighted by Gasteiger charge is 2.08. The van der Waals surface area contributed by atoms with E-state index >= 15 is 0 Å². The Hall–Kier alpha value is -0.280. The fraction of sp³-hybridized carbons (Fsp3) is 0.667. The molecule has 0 heterocycles. The first-order chi connectivity index (χ1) is 3.18. The molecule has 0 bridgehead atoms. The standard InChI is InChI=1S/C3H5ClO3/c4-1-2(5)3(6)7/h2,5H,1H2,(H,6,7)/t2-/m0/s1. The van der Waals surface area contributed by atoms with E-state index in [-0.39, 0.29) is 5.88 Å². The van der Waals surface area contributed by atoms with Crippen molar-refractivity contribution >= 4 is 17.6 Å². The minimum atomic E-state index is -1.42. The van der Waals surface area contributed by atoms with Crippen molar-refractivity contribution in [2.24, 2.45) is 0 Å². The van der Waals surface area contributed by atoms with Gasteiger partial charge in [0, 0.05) is 0 Å². The lowest BCUT2D eigenvalue weighted by Gasteiger charge is -1.94. The summed E-state index contributed by atoms with van der Waals surface area (Å²) < 4.78 is 0. The summed E-state index contributed by atoms with van der Waals surface area (Å²) in [6.07, 6.45) is -1.42. The van der Waals surface area contributed by atoms with E-state index in [0.717, 1.165) is 0 Å². The van der Waals surface area contributed by atoms with Gasteiger partial charge in [-0.1, -0.05) is 0 Å². The molecule has 0 aliphatic rings. The van der Waals surface area contributed by atoms with Crippen LogP contribution in [0.15, 0.2) is 0 Å². The summed E-state index contributed by atoms with van der Waals surface area (Å²) in [5, 5.41) is 16.1. The molecule has 2 N–H and O–H groups in total. The second kappa shape index (κ2) is 2.82. The number of carboxylic acid groups (broad SMARTS) is 1. The zero-order valence-electron chi connectivity index (χ0n) is 3.47. The molecule has 0 fully saturated rings. The molecule has 0 saturated heterocycles. The number of carboxylic acids is 1. The summed E-state index contributed by atoms with van der Waals surface area (Å²) in [5.74, 6) is -1.54. The third-order valence-electron chi connectivity index (χ3n) is 0.431. The van der Waals surface area contributed by atoms with Gasteiger partial charge in [-0.25, -0.2) is 4.79 Å². The van der Waals surface area contributed by atoms with Crippen molar-refractivity contribution in [2.75, 3.05) is 5.88 Å². The summed E-state index contributed by atoms with van der Waals surface area (Å²) in [7, 11) is 0. The summed E-state index contributed by atoms with van der Waals surface area (Å²) >= 11 is 4.92. The second-order valence-electron chi connectivity index (χ2n) is 1.01. The maximum Gasteiger partial charge on any atom is 0.333 e. The summed E-state index contributed by atoms with van der Waals surface area (Å²) in [5.41, 5.74) is 0. The quantitative estimate of drug-likeness (QED) is 0.496. The molecule has 0 radical (unpaired) electrons. The van der Waals surface area contributed by atoms with Crippen molar-refractivity contribution < 1.29 is 15.0 Å². The summed E-state index contributed by atoms with van der Waals surface area (Å²) in [4.78, 5) is 9.60. The van der Waals surface area contributed by atoms with Crippen LogP contribution in [-0.2, 0) is 4.79 Å². The highest BCUT2D eigenvalue weighted by atomic mass is 35.5. The second-order valence-corrected chi connectivity index (χ2v) is 1.32. The fourth-order valence-electron chi connectivity index (χ4n) is 0.0660. The maximum atomic E-state index is 9.60. The monoisotopic (exact) mass is 124 g/mol. The molecule has 0 aromatic rings. The van der Waals surface area contributed by atoms with Gasteiger partial charge in [0.05, 0.1) is 5.88 Å². The van der Waals surface area contributed by atoms with Crippen LogP contribution in [0.3, 0.4) is 0 Å². The Kier molecular flexibility index (Phi) is 2.71. The van der Waals surface area contributed by atoms with Crippen LogP contribution < -0.4 is 0 Å². The fourth-order valence-corrected chi connectivity index (χ4v) is 0.198. The Morgan fingerprint density at radius 2 is 2.29 bits per heavy atom. The number of aliphatic carboxylic acids is 1. The zero-order valence-corrected chi connectivity index (χ0v) is 4.22. The van der Waals surface area contributed by atoms with Crippen molar-refractivity contribution in [3.63, 3.8) is 0 Å². The van der Waals surface area contributed by atoms with E-state index in [4.69, 9.17) is 21.8 Å². The van der Waals surface area contributed by atoms with E-state index in [9.17, 15) is 4.79 Å². The average Bonchev–Trinajstić information content (AvgIpc) is 1.65. The van der Waals surface area contributed by atoms with E-state index in [1.165, 1.54) is 0 Å². The Labute approximate surface area is 45.5 Å². The highest BCUT2D eigenvalue weighted by Crippen LogP contribution is 1.84. The molecule has 0 aliphatic carbocycles. The third-order valence-corrected chi connectivity index (χ3v) is 0.724. The number of aliphatic hydroxyl groups excluding tert-OH is 1. The van der Waals surface area contributed by atoms with Gasteiger partial charge in [0.2, 0.25) is 0 Å². The van der Waals surface area contributed by atoms with Gasteiger partial charge in [-0.15, -0.1) is 11.6 Å². The van der Waals surface area contributed by atoms with Crippen LogP contribution >= 0.6 is 11.6 Å². The van der Waals surface area contributed by atoms with Gasteiger partial charge in [-0.05, 0) is 0 Å². The zero-order chi connectivity index (χ0) is 5.86. The Bertz CT molecular complexity index is 72.6. The number of carbonyl (C=O) groups is 1. The molecular weight excluding hydrogens is 119 g/mol. The van der Waals surface area contributed by atoms with Crippen LogP contribution in [-0.4, -0.2) is 28.2 Å². The van der Waals surface area contributed by atoms with Gasteiger partial charge in [0.25, 0.3) is 0 Å². The highest BCUT2D eigenvalue weighted by molar-refractivity contribution is 6.19. The lowest BCUT2D eigenvalue weighted by Crippen LogP contribution is -2.20. The Morgan fingerprint density at radius 1 is 1.86 bits per heavy atom. The molecule has 0 amide bonds. The third kappa shape index (κ3) is 2.42. The van der Waals surface area contributed by atoms with Crippen molar-refractivity contribution in [3.05, 3.63) is 0 Å². The minimum absolute atomic E-state index is 0.255. The van der Waals surface area contributed by atoms with Gasteiger partial charge in [0.1, 0.15) is 0 Å². The van der Waals surface area contributed by atoms with Crippen LogP contribution in [0.4, 0.5) is 0 Å². The first-order valence-electron chi connectivity index (χ1n) is 1.65. The van der Waals surface area contributed by atoms with Crippen LogP contribution in [0, 0.1) is 0 Å². The molecule has 4 heteroatoms. The van der Waals surface area contributed by atoms with Crippen molar-refractivity contribution in [1.29, 1.82) is 0 Å². The average molecular weight is 125 g/mol. The molecule has 7 heavy (non-hydrogen) atoms. The van der Waals surface area contributed by atoms with Crippen LogP contribution in [0.25, 0.3) is 0 Å². The number of alkyl halides is 1. The van der Waals surface area contributed by atoms with E-state index in [2.05, 4.69) is 0 Å². The van der Waals surface area contributed by atoms with Crippen LogP contribution in [0.1, 0.15) is 0 Å². The van der Waals surface area contributed by atoms with Crippen molar-refractivity contribution in [3.8, 4) is 0 Å². The molecule has 42 valence electrons. The van der Waals surface area contributed by atoms with E-state index in [0.29, 0.717) is 0 Å². The molecule has 0 unspecified atom stereocenters. The lowest BCUT2D eigenvalue weighted by atomic mass is 10.4. The van der Waals surface area contributed by atoms with Gasteiger partial charge < -0.3 is 10.2 Å². The molecule has 0 aliphatic heterocycles. The summed E-state index contributed by atoms with van der Waals surface area (Å²) in [6, 6.07) is 0. The first kappa shape index (κ1) is 6.72. The van der Waals surface area contributed by atoms with E-state index in [1.54, 1.807) is 0 Å². The van der Waals surface area contributed by atoms with Crippen LogP contribution in [0.5, 0.6) is 0 Å². The topological polar surface area (TPSA) is 57.5 Å². The Balaban J connectivity index is 3.34. The number of rotatable bonds is 2. The molecule has 0 rings (SSSR count). The summed E-state index contributed by atoms with van der Waals surface area (Å²) in [6.45, 7) is 0. The number of halogens is 1. The number of hydrogen-bond acceptors (Lipinski definition) is 2. The predicted octanol–water partition coefficient (Wildman–Crippen LogP) is -0.329. The molecule has 0 spiro atoms. The normalized spacial score (nSPS) is 13.4. The van der Waals surface area contributed by atoms with Gasteiger partial charge in [0.15, 0.2) is 6.10 Å². The first-order valence-corrected chi connectivity index (χ1v) is 2.18. The van der Waals surface area contributed by atoms with Gasteiger partial charge in [-0.2, -0.15) is 0 Å². The van der Waals surface area contributed by atoms with Crippen molar-refractivity contribution in [1.82, 2.24) is 0 Å². The molecule has 0 aromatic carbocycles. The minimum Gasteiger partial charge on any atom is -0.479 e. The van der Waals surface area contributed by atoms with E-state index in [1.807, 2.05) is 0 Å². The van der Waals surface area contributed by atoms with Gasteiger partial charge >= 0.3 is 5.97 Å². The maximum absolute atomic E-state index is 9.60. The van der Waals surface area contributed by atoms with Gasteiger partial charge in [-0.3, -0.25) is 0 Å². The SMILES string of the molecule is O=C(O)[C@@H](O)CCl. The molecule has 0 saturated carbocycles. The smallest absolute Gasteiger partial charge is 0.333 e. The molecular formula is C3H5ClO3. The van der Waals surface area contributed by atoms with Crippen LogP contribution in [0.2, 0.25) is 0 Å². The molecule has 3 nitrogen and oxygen atoms in total. The van der Waals surface area contributed by atoms with E-state index < -0.39 is 12.1 Å². The predicted molar refractivity (Wildman–Crippen MR) is 24.4 cm³/mol. The molecule has 1 atom stereocenters. The van der Waals surface area contributed by atoms with Crippen molar-refractivity contribution in [2.45, 2.75) is 6.10 Å². The Morgan fingerprint density at radius 3 is 2.29 bits per heavy atom.